The molecule has 0 aromatic heterocycles. The molecule has 0 spiro atoms. The van der Waals surface area contributed by atoms with Crippen LogP contribution in [0.1, 0.15) is 142 Å². The molecule has 0 atom stereocenters. The van der Waals surface area contributed by atoms with Crippen molar-refractivity contribution in [2.24, 2.45) is 0 Å². The van der Waals surface area contributed by atoms with Crippen LogP contribution in [0.2, 0.25) is 0 Å². The second kappa shape index (κ2) is 44.8. The predicted octanol–water partition coefficient (Wildman–Crippen LogP) is 8.03. The summed E-state index contributed by atoms with van der Waals surface area (Å²) in [6, 6.07) is 0. The number of esters is 2. The van der Waals surface area contributed by atoms with Crippen LogP contribution in [0.4, 0.5) is 0 Å². The van der Waals surface area contributed by atoms with Crippen LogP contribution < -0.4 is 0 Å². The van der Waals surface area contributed by atoms with Gasteiger partial charge in [-0.1, -0.05) is 117 Å². The minimum absolute atomic E-state index is 0.133. The number of hydrogen-bond acceptors (Lipinski definition) is 11. The van der Waals surface area contributed by atoms with Gasteiger partial charge in [0.15, 0.2) is 0 Å². The normalized spacial score (nSPS) is 11.3. The lowest BCUT2D eigenvalue weighted by atomic mass is 10.0. The van der Waals surface area contributed by atoms with Crippen LogP contribution in [0.3, 0.4) is 0 Å². The monoisotopic (exact) mass is 735 g/mol. The Morgan fingerprint density at radius 3 is 0.706 bits per heavy atom. The van der Waals surface area contributed by atoms with E-state index in [2.05, 4.69) is 13.8 Å². The van der Waals surface area contributed by atoms with Gasteiger partial charge in [-0.3, -0.25) is 9.59 Å². The summed E-state index contributed by atoms with van der Waals surface area (Å²) in [7, 11) is 0. The van der Waals surface area contributed by atoms with Gasteiger partial charge in [-0.25, -0.2) is 0 Å². The van der Waals surface area contributed by atoms with E-state index in [4.69, 9.17) is 42.6 Å². The molecule has 11 heteroatoms. The van der Waals surface area contributed by atoms with Crippen LogP contribution in [0, 0.1) is 0 Å². The zero-order valence-electron chi connectivity index (χ0n) is 32.9. The zero-order chi connectivity index (χ0) is 37.0. The molecular formula is C40H78O11. The lowest BCUT2D eigenvalue weighted by Crippen LogP contribution is -2.15. The van der Waals surface area contributed by atoms with Gasteiger partial charge < -0.3 is 42.6 Å². The second-order valence-electron chi connectivity index (χ2n) is 12.9. The smallest absolute Gasteiger partial charge is 0.305 e. The van der Waals surface area contributed by atoms with Crippen molar-refractivity contribution in [2.75, 3.05) is 106 Å². The van der Waals surface area contributed by atoms with Crippen molar-refractivity contribution in [2.45, 2.75) is 142 Å². The first-order valence-electron chi connectivity index (χ1n) is 20.6. The Kier molecular flexibility index (Phi) is 43.6. The SMILES string of the molecule is CCCCCCCCCCCCCCCC(=O)OCCOCCOCCOCCOCCOCCOCCOCCOC(=O)CCCCCCC. The molecule has 0 amide bonds. The highest BCUT2D eigenvalue weighted by molar-refractivity contribution is 5.69. The Bertz CT molecular complexity index is 695. The summed E-state index contributed by atoms with van der Waals surface area (Å²) in [6.45, 7) is 11.5. The molecule has 0 fully saturated rings. The minimum atomic E-state index is -0.147. The molecule has 0 aromatic carbocycles. The van der Waals surface area contributed by atoms with Crippen molar-refractivity contribution in [1.29, 1.82) is 0 Å². The van der Waals surface area contributed by atoms with E-state index in [0.717, 1.165) is 25.7 Å². The topological polar surface area (TPSA) is 117 Å². The third kappa shape index (κ3) is 44.7. The van der Waals surface area contributed by atoms with Crippen LogP contribution in [0.25, 0.3) is 0 Å². The molecule has 11 nitrogen and oxygen atoms in total. The average Bonchev–Trinajstić information content (AvgIpc) is 3.13. The molecule has 0 N–H and O–H groups in total. The Hall–Kier alpha value is -1.34. The van der Waals surface area contributed by atoms with Gasteiger partial charge in [0.2, 0.25) is 0 Å². The van der Waals surface area contributed by atoms with Gasteiger partial charge in [0.25, 0.3) is 0 Å². The second-order valence-corrected chi connectivity index (χ2v) is 12.9. The van der Waals surface area contributed by atoms with Crippen LogP contribution >= 0.6 is 0 Å². The van der Waals surface area contributed by atoms with Crippen LogP contribution in [-0.2, 0) is 52.2 Å². The summed E-state index contributed by atoms with van der Waals surface area (Å²) >= 11 is 0. The highest BCUT2D eigenvalue weighted by atomic mass is 16.6. The van der Waals surface area contributed by atoms with E-state index in [1.165, 1.54) is 89.9 Å². The summed E-state index contributed by atoms with van der Waals surface area (Å²) in [4.78, 5) is 23.5. The molecular weight excluding hydrogens is 656 g/mol. The molecule has 304 valence electrons. The third-order valence-electron chi connectivity index (χ3n) is 8.18. The zero-order valence-corrected chi connectivity index (χ0v) is 32.9. The van der Waals surface area contributed by atoms with E-state index in [1.54, 1.807) is 0 Å². The number of rotatable bonds is 44. The molecule has 0 heterocycles. The third-order valence-corrected chi connectivity index (χ3v) is 8.18. The Morgan fingerprint density at radius 1 is 0.275 bits per heavy atom. The van der Waals surface area contributed by atoms with Crippen molar-refractivity contribution in [3.05, 3.63) is 0 Å². The van der Waals surface area contributed by atoms with E-state index in [-0.39, 0.29) is 25.2 Å². The molecule has 0 unspecified atom stereocenters. The van der Waals surface area contributed by atoms with Gasteiger partial charge in [0.1, 0.15) is 13.2 Å². The molecule has 0 saturated heterocycles. The van der Waals surface area contributed by atoms with E-state index in [0.29, 0.717) is 105 Å². The average molecular weight is 735 g/mol. The van der Waals surface area contributed by atoms with Gasteiger partial charge in [0.05, 0.1) is 92.5 Å². The molecule has 51 heavy (non-hydrogen) atoms. The molecule has 0 aliphatic heterocycles. The Labute approximate surface area is 311 Å². The van der Waals surface area contributed by atoms with E-state index >= 15 is 0 Å². The Balaban J connectivity index is 3.16. The standard InChI is InChI=1S/C40H78O11/c1-3-5-7-9-10-11-12-13-14-15-16-18-20-22-40(42)51-38-36-49-34-32-47-30-28-45-26-24-43-23-25-44-27-29-46-31-33-48-35-37-50-39(41)21-19-17-8-6-4-2/h3-38H2,1-2H3. The lowest BCUT2D eigenvalue weighted by molar-refractivity contribution is -0.146. The molecule has 0 aliphatic carbocycles. The van der Waals surface area contributed by atoms with Crippen LogP contribution in [-0.4, -0.2) is 118 Å². The number of carbonyl (C=O) groups excluding carboxylic acids is 2. The van der Waals surface area contributed by atoms with Gasteiger partial charge >= 0.3 is 11.9 Å². The first-order valence-corrected chi connectivity index (χ1v) is 20.6. The molecule has 0 rings (SSSR count). The van der Waals surface area contributed by atoms with Gasteiger partial charge in [-0.05, 0) is 12.8 Å². The molecule has 0 saturated carbocycles. The maximum absolute atomic E-state index is 11.9. The molecule has 0 bridgehead atoms. The summed E-state index contributed by atoms with van der Waals surface area (Å²) in [5, 5.41) is 0. The first-order chi connectivity index (χ1) is 25.2. The van der Waals surface area contributed by atoms with Crippen molar-refractivity contribution in [3.63, 3.8) is 0 Å². The predicted molar refractivity (Wildman–Crippen MR) is 201 cm³/mol. The lowest BCUT2D eigenvalue weighted by Gasteiger charge is -2.09. The first kappa shape index (κ1) is 49.7. The Morgan fingerprint density at radius 2 is 0.471 bits per heavy atom. The van der Waals surface area contributed by atoms with E-state index in [9.17, 15) is 9.59 Å². The minimum Gasteiger partial charge on any atom is -0.463 e. The van der Waals surface area contributed by atoms with Crippen molar-refractivity contribution in [3.8, 4) is 0 Å². The summed E-state index contributed by atoms with van der Waals surface area (Å²) in [5.41, 5.74) is 0. The van der Waals surface area contributed by atoms with Gasteiger partial charge in [-0.2, -0.15) is 0 Å². The van der Waals surface area contributed by atoms with Crippen molar-refractivity contribution >= 4 is 11.9 Å². The quantitative estimate of drug-likeness (QED) is 0.0447. The fourth-order valence-corrected chi connectivity index (χ4v) is 5.15. The highest BCUT2D eigenvalue weighted by Gasteiger charge is 2.04. The molecule has 0 aromatic rings. The molecule has 0 radical (unpaired) electrons. The van der Waals surface area contributed by atoms with Gasteiger partial charge in [-0.15, -0.1) is 0 Å². The van der Waals surface area contributed by atoms with Crippen LogP contribution in [0.5, 0.6) is 0 Å². The maximum Gasteiger partial charge on any atom is 0.305 e. The number of carbonyl (C=O) groups is 2. The summed E-state index contributed by atoms with van der Waals surface area (Å²) < 4.78 is 48.7. The summed E-state index contributed by atoms with van der Waals surface area (Å²) in [6.07, 6.45) is 23.4. The maximum atomic E-state index is 11.9. The van der Waals surface area contributed by atoms with Crippen LogP contribution in [0.15, 0.2) is 0 Å². The number of hydrogen-bond donors (Lipinski definition) is 0. The highest BCUT2D eigenvalue weighted by Crippen LogP contribution is 2.13. The largest absolute Gasteiger partial charge is 0.463 e. The number of unbranched alkanes of at least 4 members (excludes halogenated alkanes) is 16. The fourth-order valence-electron chi connectivity index (χ4n) is 5.15. The fraction of sp³-hybridized carbons (Fsp3) is 0.950. The van der Waals surface area contributed by atoms with E-state index < -0.39 is 0 Å². The van der Waals surface area contributed by atoms with Crippen molar-refractivity contribution < 1.29 is 52.2 Å². The molecule has 0 aliphatic rings. The number of ether oxygens (including phenoxy) is 9. The summed E-state index contributed by atoms with van der Waals surface area (Å²) in [5.74, 6) is -0.280. The van der Waals surface area contributed by atoms with E-state index in [1.807, 2.05) is 0 Å². The van der Waals surface area contributed by atoms with Gasteiger partial charge in [0, 0.05) is 12.8 Å². The van der Waals surface area contributed by atoms with Crippen molar-refractivity contribution in [1.82, 2.24) is 0 Å².